The highest BCUT2D eigenvalue weighted by atomic mass is 19.4. The number of carbonyl (C=O) groups is 1. The number of nitrogens with one attached hydrogen (secondary N) is 1. The van der Waals surface area contributed by atoms with Crippen molar-refractivity contribution in [3.8, 4) is 0 Å². The van der Waals surface area contributed by atoms with Crippen molar-refractivity contribution < 1.29 is 31.9 Å². The summed E-state index contributed by atoms with van der Waals surface area (Å²) < 4.78 is 66.2. The van der Waals surface area contributed by atoms with Gasteiger partial charge in [-0.3, -0.25) is 4.79 Å². The molecule has 0 aliphatic rings. The van der Waals surface area contributed by atoms with E-state index in [1.165, 1.54) is 19.9 Å². The third-order valence-corrected chi connectivity index (χ3v) is 4.03. The van der Waals surface area contributed by atoms with Gasteiger partial charge in [0.05, 0.1) is 6.54 Å². The summed E-state index contributed by atoms with van der Waals surface area (Å²) in [6, 6.07) is 3.73. The van der Waals surface area contributed by atoms with Crippen molar-refractivity contribution in [1.29, 1.82) is 0 Å². The van der Waals surface area contributed by atoms with Crippen molar-refractivity contribution in [2.75, 3.05) is 6.54 Å². The molecule has 0 aliphatic heterocycles. The lowest BCUT2D eigenvalue weighted by Crippen LogP contribution is -2.40. The van der Waals surface area contributed by atoms with Crippen molar-refractivity contribution in [2.24, 2.45) is 0 Å². The number of rotatable bonds is 4. The molecule has 3 aromatic rings. The fourth-order valence-electron chi connectivity index (χ4n) is 2.63. The van der Waals surface area contributed by atoms with E-state index in [2.05, 4.69) is 20.4 Å². The number of carbonyl (C=O) groups excluding carboxylic acids is 1. The third-order valence-electron chi connectivity index (χ3n) is 4.03. The van der Waals surface area contributed by atoms with E-state index in [1.807, 2.05) is 0 Å². The molecule has 0 saturated carbocycles. The first kappa shape index (κ1) is 20.6. The van der Waals surface area contributed by atoms with E-state index >= 15 is 0 Å². The number of halogens is 5. The van der Waals surface area contributed by atoms with Gasteiger partial charge in [-0.1, -0.05) is 6.07 Å². The van der Waals surface area contributed by atoms with Crippen molar-refractivity contribution in [1.82, 2.24) is 24.9 Å². The molecule has 3 rings (SSSR count). The molecule has 7 nitrogen and oxygen atoms in total. The second kappa shape index (κ2) is 7.03. The Kier molecular flexibility index (Phi) is 4.99. The second-order valence-corrected chi connectivity index (χ2v) is 6.51. The SMILES string of the molecule is Cc1cc(C(=O)NC[C@](C)(O)c2ccc(F)cc2F)n2nc(C(F)(F)F)nc2n1. The van der Waals surface area contributed by atoms with Crippen LogP contribution in [0, 0.1) is 18.6 Å². The van der Waals surface area contributed by atoms with Crippen molar-refractivity contribution in [2.45, 2.75) is 25.6 Å². The van der Waals surface area contributed by atoms with Crippen LogP contribution >= 0.6 is 0 Å². The van der Waals surface area contributed by atoms with Crippen LogP contribution in [-0.2, 0) is 11.8 Å². The minimum Gasteiger partial charge on any atom is -0.383 e. The van der Waals surface area contributed by atoms with E-state index in [1.54, 1.807) is 0 Å². The van der Waals surface area contributed by atoms with Crippen LogP contribution in [0.1, 0.15) is 34.5 Å². The predicted molar refractivity (Wildman–Crippen MR) is 88.8 cm³/mol. The molecular formula is C17H14F5N5O2. The highest BCUT2D eigenvalue weighted by molar-refractivity contribution is 5.93. The number of nitrogens with zero attached hydrogens (tertiary/aromatic N) is 4. The van der Waals surface area contributed by atoms with E-state index < -0.39 is 47.5 Å². The van der Waals surface area contributed by atoms with E-state index in [9.17, 15) is 31.9 Å². The first-order valence-corrected chi connectivity index (χ1v) is 8.16. The number of hydrogen-bond donors (Lipinski definition) is 2. The van der Waals surface area contributed by atoms with Gasteiger partial charge in [0.15, 0.2) is 0 Å². The molecule has 1 amide bonds. The number of hydrogen-bond acceptors (Lipinski definition) is 5. The van der Waals surface area contributed by atoms with Gasteiger partial charge in [0, 0.05) is 17.3 Å². The van der Waals surface area contributed by atoms with Crippen molar-refractivity contribution >= 4 is 11.7 Å². The topological polar surface area (TPSA) is 92.4 Å². The van der Waals surface area contributed by atoms with Gasteiger partial charge in [0.1, 0.15) is 22.9 Å². The molecule has 0 saturated heterocycles. The van der Waals surface area contributed by atoms with Crippen LogP contribution in [0.3, 0.4) is 0 Å². The minimum atomic E-state index is -4.83. The fraction of sp³-hybridized carbons (Fsp3) is 0.294. The Morgan fingerprint density at radius 3 is 2.52 bits per heavy atom. The largest absolute Gasteiger partial charge is 0.453 e. The summed E-state index contributed by atoms with van der Waals surface area (Å²) in [4.78, 5) is 19.6. The van der Waals surface area contributed by atoms with Crippen LogP contribution in [-0.4, -0.2) is 37.1 Å². The maximum absolute atomic E-state index is 13.9. The lowest BCUT2D eigenvalue weighted by Gasteiger charge is -2.24. The van der Waals surface area contributed by atoms with Crippen LogP contribution < -0.4 is 5.32 Å². The standard InChI is InChI=1S/C17H14F5N5O2/c1-8-5-12(27-15(24-8)25-14(26-27)17(20,21)22)13(28)23-7-16(2,29)10-4-3-9(18)6-11(10)19/h3-6,29H,7H2,1-2H3,(H,23,28)/t16-/m0/s1. The highest BCUT2D eigenvalue weighted by Gasteiger charge is 2.37. The van der Waals surface area contributed by atoms with E-state index in [0.29, 0.717) is 10.6 Å². The van der Waals surface area contributed by atoms with Gasteiger partial charge in [-0.25, -0.2) is 13.8 Å². The molecule has 1 atom stereocenters. The lowest BCUT2D eigenvalue weighted by atomic mass is 9.95. The Morgan fingerprint density at radius 1 is 1.21 bits per heavy atom. The molecule has 154 valence electrons. The van der Waals surface area contributed by atoms with Gasteiger partial charge in [-0.2, -0.15) is 22.7 Å². The zero-order valence-electron chi connectivity index (χ0n) is 15.1. The molecule has 0 radical (unpaired) electrons. The van der Waals surface area contributed by atoms with Crippen LogP contribution in [0.5, 0.6) is 0 Å². The number of aromatic nitrogens is 4. The van der Waals surface area contributed by atoms with Crippen LogP contribution in [0.25, 0.3) is 5.78 Å². The molecule has 0 fully saturated rings. The van der Waals surface area contributed by atoms with Crippen LogP contribution in [0.4, 0.5) is 22.0 Å². The molecule has 1 aromatic carbocycles. The summed E-state index contributed by atoms with van der Waals surface area (Å²) in [5.41, 5.74) is -2.30. The number of aryl methyl sites for hydroxylation is 1. The Balaban J connectivity index is 1.89. The summed E-state index contributed by atoms with van der Waals surface area (Å²) in [6.07, 6.45) is -4.83. The molecule has 0 aliphatic carbocycles. The molecule has 2 heterocycles. The van der Waals surface area contributed by atoms with Gasteiger partial charge in [0.2, 0.25) is 0 Å². The maximum Gasteiger partial charge on any atom is 0.453 e. The zero-order valence-corrected chi connectivity index (χ0v) is 15.1. The summed E-state index contributed by atoms with van der Waals surface area (Å²) in [5, 5.41) is 16.0. The van der Waals surface area contributed by atoms with E-state index in [-0.39, 0.29) is 17.0 Å². The number of alkyl halides is 3. The molecule has 29 heavy (non-hydrogen) atoms. The Labute approximate surface area is 160 Å². The van der Waals surface area contributed by atoms with Crippen LogP contribution in [0.15, 0.2) is 24.3 Å². The summed E-state index contributed by atoms with van der Waals surface area (Å²) in [7, 11) is 0. The normalized spacial score (nSPS) is 14.1. The monoisotopic (exact) mass is 415 g/mol. The minimum absolute atomic E-state index is 0.208. The average Bonchev–Trinajstić information content (AvgIpc) is 3.03. The fourth-order valence-corrected chi connectivity index (χ4v) is 2.63. The summed E-state index contributed by atoms with van der Waals surface area (Å²) >= 11 is 0. The van der Waals surface area contributed by atoms with E-state index in [0.717, 1.165) is 12.1 Å². The Morgan fingerprint density at radius 2 is 1.90 bits per heavy atom. The van der Waals surface area contributed by atoms with E-state index in [4.69, 9.17) is 0 Å². The number of benzene rings is 1. The summed E-state index contributed by atoms with van der Waals surface area (Å²) in [6.45, 7) is 2.12. The molecule has 0 unspecified atom stereocenters. The Bertz CT molecular complexity index is 1090. The van der Waals surface area contributed by atoms with Gasteiger partial charge < -0.3 is 10.4 Å². The van der Waals surface area contributed by atoms with Gasteiger partial charge in [-0.15, -0.1) is 5.10 Å². The van der Waals surface area contributed by atoms with Gasteiger partial charge in [-0.05, 0) is 26.0 Å². The third kappa shape index (κ3) is 4.16. The zero-order chi connectivity index (χ0) is 21.6. The van der Waals surface area contributed by atoms with Crippen molar-refractivity contribution in [3.63, 3.8) is 0 Å². The number of amides is 1. The molecule has 12 heteroatoms. The molecule has 0 bridgehead atoms. The highest BCUT2D eigenvalue weighted by Crippen LogP contribution is 2.27. The maximum atomic E-state index is 13.9. The molecule has 0 spiro atoms. The average molecular weight is 415 g/mol. The first-order valence-electron chi connectivity index (χ1n) is 8.16. The smallest absolute Gasteiger partial charge is 0.383 e. The molecule has 2 aromatic heterocycles. The van der Waals surface area contributed by atoms with Gasteiger partial charge >= 0.3 is 6.18 Å². The summed E-state index contributed by atoms with van der Waals surface area (Å²) in [5.74, 6) is -4.66. The predicted octanol–water partition coefficient (Wildman–Crippen LogP) is 2.37. The quantitative estimate of drug-likeness (QED) is 0.639. The van der Waals surface area contributed by atoms with Crippen LogP contribution in [0.2, 0.25) is 0 Å². The Hall–Kier alpha value is -3.15. The molecular weight excluding hydrogens is 401 g/mol. The number of fused-ring (bicyclic) bond motifs is 1. The molecule has 2 N–H and O–H groups in total. The second-order valence-electron chi connectivity index (χ2n) is 6.51. The van der Waals surface area contributed by atoms with Crippen molar-refractivity contribution in [3.05, 3.63) is 58.7 Å². The lowest BCUT2D eigenvalue weighted by molar-refractivity contribution is -0.144. The first-order chi connectivity index (χ1) is 13.4. The van der Waals surface area contributed by atoms with Gasteiger partial charge in [0.25, 0.3) is 17.5 Å². The number of aliphatic hydroxyl groups is 1.